The van der Waals surface area contributed by atoms with Crippen LogP contribution in [0.5, 0.6) is 0 Å². The third-order valence-electron chi connectivity index (χ3n) is 2.26. The Labute approximate surface area is 95.8 Å². The highest BCUT2D eigenvalue weighted by Crippen LogP contribution is 2.14. The Bertz CT molecular complexity index is 314. The van der Waals surface area contributed by atoms with Gasteiger partial charge >= 0.3 is 0 Å². The summed E-state index contributed by atoms with van der Waals surface area (Å²) in [5, 5.41) is 14.2. The van der Waals surface area contributed by atoms with Gasteiger partial charge in [0, 0.05) is 6.54 Å². The van der Waals surface area contributed by atoms with E-state index < -0.39 is 6.10 Å². The Hall–Kier alpha value is -1.42. The molecule has 1 rings (SSSR count). The number of aliphatic hydroxyl groups excluding tert-OH is 1. The van der Waals surface area contributed by atoms with E-state index in [0.717, 1.165) is 5.56 Å². The van der Waals surface area contributed by atoms with Crippen LogP contribution in [0.25, 0.3) is 0 Å². The Morgan fingerprint density at radius 1 is 1.25 bits per heavy atom. The van der Waals surface area contributed by atoms with Crippen molar-refractivity contribution in [1.29, 1.82) is 0 Å². The average Bonchev–Trinajstić information content (AvgIpc) is 2.28. The quantitative estimate of drug-likeness (QED) is 0.593. The molecule has 1 aromatic carbocycles. The number of nitrogens with zero attached hydrogens (tertiary/aromatic N) is 2. The molecule has 0 aromatic heterocycles. The molecule has 0 radical (unpaired) electrons. The first-order valence-electron chi connectivity index (χ1n) is 5.44. The lowest BCUT2D eigenvalue weighted by Gasteiger charge is -2.20. The summed E-state index contributed by atoms with van der Waals surface area (Å²) in [4.78, 5) is 10.6. The first kappa shape index (κ1) is 12.6. The van der Waals surface area contributed by atoms with Crippen LogP contribution in [0.3, 0.4) is 0 Å². The highest BCUT2D eigenvalue weighted by atomic mass is 16.3. The third-order valence-corrected chi connectivity index (χ3v) is 2.26. The molecule has 0 amide bonds. The van der Waals surface area contributed by atoms with E-state index in [9.17, 15) is 10.0 Å². The molecule has 0 saturated carbocycles. The number of nitroso groups, excluding NO2 is 1. The number of hydrogen-bond donors (Lipinski definition) is 1. The van der Waals surface area contributed by atoms with Gasteiger partial charge in [0.05, 0.1) is 17.9 Å². The van der Waals surface area contributed by atoms with E-state index in [0.29, 0.717) is 12.5 Å². The van der Waals surface area contributed by atoms with Crippen LogP contribution >= 0.6 is 0 Å². The summed E-state index contributed by atoms with van der Waals surface area (Å²) in [5.74, 6) is 0.348. The molecule has 0 fully saturated rings. The van der Waals surface area contributed by atoms with Crippen molar-refractivity contribution < 1.29 is 5.11 Å². The van der Waals surface area contributed by atoms with Gasteiger partial charge in [-0.1, -0.05) is 44.2 Å². The van der Waals surface area contributed by atoms with E-state index in [1.165, 1.54) is 5.01 Å². The SMILES string of the molecule is CC(C)CN(CC(O)c1ccccc1)N=O. The molecule has 1 aromatic rings. The normalized spacial score (nSPS) is 12.5. The Morgan fingerprint density at radius 2 is 1.88 bits per heavy atom. The zero-order chi connectivity index (χ0) is 12.0. The molecule has 0 aliphatic heterocycles. The van der Waals surface area contributed by atoms with Crippen molar-refractivity contribution in [2.75, 3.05) is 13.1 Å². The molecule has 0 spiro atoms. The second-order valence-electron chi connectivity index (χ2n) is 4.27. The van der Waals surface area contributed by atoms with Crippen LogP contribution in [0.4, 0.5) is 0 Å². The van der Waals surface area contributed by atoms with Gasteiger partial charge in [-0.15, -0.1) is 4.91 Å². The molecule has 0 aliphatic rings. The fraction of sp³-hybridized carbons (Fsp3) is 0.500. The summed E-state index contributed by atoms with van der Waals surface area (Å²) in [6, 6.07) is 9.28. The number of rotatable bonds is 6. The zero-order valence-electron chi connectivity index (χ0n) is 9.71. The van der Waals surface area contributed by atoms with Gasteiger partial charge in [0.1, 0.15) is 0 Å². The fourth-order valence-corrected chi connectivity index (χ4v) is 1.54. The van der Waals surface area contributed by atoms with Crippen LogP contribution < -0.4 is 0 Å². The van der Waals surface area contributed by atoms with Crippen LogP contribution in [0.1, 0.15) is 25.5 Å². The minimum absolute atomic E-state index is 0.242. The van der Waals surface area contributed by atoms with Gasteiger partial charge in [-0.05, 0) is 11.5 Å². The van der Waals surface area contributed by atoms with Crippen LogP contribution in [0.15, 0.2) is 35.6 Å². The van der Waals surface area contributed by atoms with Gasteiger partial charge in [0.2, 0.25) is 0 Å². The molecular formula is C12H18N2O2. The minimum Gasteiger partial charge on any atom is -0.386 e. The lowest BCUT2D eigenvalue weighted by Crippen LogP contribution is -2.27. The monoisotopic (exact) mass is 222 g/mol. The maximum absolute atomic E-state index is 10.6. The van der Waals surface area contributed by atoms with Gasteiger partial charge < -0.3 is 5.11 Å². The molecule has 0 heterocycles. The van der Waals surface area contributed by atoms with Crippen LogP contribution in [0.2, 0.25) is 0 Å². The summed E-state index contributed by atoms with van der Waals surface area (Å²) in [6.07, 6.45) is -0.669. The molecule has 4 nitrogen and oxygen atoms in total. The molecule has 0 bridgehead atoms. The van der Waals surface area contributed by atoms with E-state index in [4.69, 9.17) is 0 Å². The number of hydrogen-bond acceptors (Lipinski definition) is 3. The highest BCUT2D eigenvalue weighted by Gasteiger charge is 2.13. The summed E-state index contributed by atoms with van der Waals surface area (Å²) < 4.78 is 0. The molecule has 1 unspecified atom stereocenters. The molecule has 0 aliphatic carbocycles. The molecular weight excluding hydrogens is 204 g/mol. The predicted octanol–water partition coefficient (Wildman–Crippen LogP) is 2.36. The molecule has 0 saturated heterocycles. The average molecular weight is 222 g/mol. The maximum atomic E-state index is 10.6. The standard InChI is InChI=1S/C12H18N2O2/c1-10(2)8-14(13-16)9-12(15)11-6-4-3-5-7-11/h3-7,10,12,15H,8-9H2,1-2H3. The third kappa shape index (κ3) is 3.98. The summed E-state index contributed by atoms with van der Waals surface area (Å²) >= 11 is 0. The van der Waals surface area contributed by atoms with E-state index >= 15 is 0 Å². The van der Waals surface area contributed by atoms with Crippen molar-refractivity contribution >= 4 is 0 Å². The van der Waals surface area contributed by atoms with Gasteiger partial charge in [-0.3, -0.25) is 5.01 Å². The Balaban J connectivity index is 2.55. The summed E-state index contributed by atoms with van der Waals surface area (Å²) in [6.45, 7) is 4.82. The molecule has 1 N–H and O–H groups in total. The summed E-state index contributed by atoms with van der Waals surface area (Å²) in [7, 11) is 0. The maximum Gasteiger partial charge on any atom is 0.0982 e. The Kier molecular flexibility index (Phi) is 4.92. The molecule has 1 atom stereocenters. The van der Waals surface area contributed by atoms with Crippen molar-refractivity contribution in [3.05, 3.63) is 40.8 Å². The van der Waals surface area contributed by atoms with Crippen molar-refractivity contribution in [2.45, 2.75) is 20.0 Å². The largest absolute Gasteiger partial charge is 0.386 e. The smallest absolute Gasteiger partial charge is 0.0982 e. The highest BCUT2D eigenvalue weighted by molar-refractivity contribution is 5.17. The van der Waals surface area contributed by atoms with E-state index in [2.05, 4.69) is 5.29 Å². The van der Waals surface area contributed by atoms with Crippen molar-refractivity contribution in [1.82, 2.24) is 5.01 Å². The molecule has 16 heavy (non-hydrogen) atoms. The topological polar surface area (TPSA) is 52.9 Å². The van der Waals surface area contributed by atoms with Crippen molar-refractivity contribution in [2.24, 2.45) is 11.2 Å². The lowest BCUT2D eigenvalue weighted by atomic mass is 10.1. The number of benzene rings is 1. The minimum atomic E-state index is -0.669. The van der Waals surface area contributed by atoms with Crippen LogP contribution in [0, 0.1) is 10.8 Å². The van der Waals surface area contributed by atoms with Gasteiger partial charge in [0.25, 0.3) is 0 Å². The van der Waals surface area contributed by atoms with E-state index in [-0.39, 0.29) is 6.54 Å². The van der Waals surface area contributed by atoms with Gasteiger partial charge in [-0.25, -0.2) is 0 Å². The second-order valence-corrected chi connectivity index (χ2v) is 4.27. The Morgan fingerprint density at radius 3 is 2.38 bits per heavy atom. The fourth-order valence-electron chi connectivity index (χ4n) is 1.54. The first-order valence-corrected chi connectivity index (χ1v) is 5.44. The first-order chi connectivity index (χ1) is 7.63. The summed E-state index contributed by atoms with van der Waals surface area (Å²) in [5.41, 5.74) is 0.805. The van der Waals surface area contributed by atoms with Crippen molar-refractivity contribution in [3.63, 3.8) is 0 Å². The number of aliphatic hydroxyl groups is 1. The predicted molar refractivity (Wildman–Crippen MR) is 63.6 cm³/mol. The molecule has 88 valence electrons. The lowest BCUT2D eigenvalue weighted by molar-refractivity contribution is 0.107. The zero-order valence-corrected chi connectivity index (χ0v) is 9.71. The van der Waals surface area contributed by atoms with Crippen molar-refractivity contribution in [3.8, 4) is 0 Å². The van der Waals surface area contributed by atoms with E-state index in [1.54, 1.807) is 0 Å². The van der Waals surface area contributed by atoms with Gasteiger partial charge in [-0.2, -0.15) is 0 Å². The van der Waals surface area contributed by atoms with Crippen LogP contribution in [-0.2, 0) is 0 Å². The molecule has 4 heteroatoms. The van der Waals surface area contributed by atoms with E-state index in [1.807, 2.05) is 44.2 Å². The van der Waals surface area contributed by atoms with Crippen LogP contribution in [-0.4, -0.2) is 23.2 Å². The van der Waals surface area contributed by atoms with Gasteiger partial charge in [0.15, 0.2) is 0 Å². The second kappa shape index (κ2) is 6.23.